The van der Waals surface area contributed by atoms with Crippen LogP contribution in [0.3, 0.4) is 0 Å². The van der Waals surface area contributed by atoms with Crippen LogP contribution in [0.15, 0.2) is 54.6 Å². The molecule has 1 N–H and O–H groups in total. The first kappa shape index (κ1) is 19.4. The van der Waals surface area contributed by atoms with E-state index in [4.69, 9.17) is 4.98 Å². The normalized spacial score (nSPS) is 14.5. The second-order valence-electron chi connectivity index (χ2n) is 7.28. The molecule has 3 aromatic rings. The highest BCUT2D eigenvalue weighted by Crippen LogP contribution is 2.21. The number of rotatable bonds is 4. The highest BCUT2D eigenvalue weighted by atomic mass is 32.1. The maximum absolute atomic E-state index is 12.6. The Bertz CT molecular complexity index is 941. The molecule has 0 radical (unpaired) electrons. The van der Waals surface area contributed by atoms with Gasteiger partial charge in [-0.2, -0.15) is 4.37 Å². The van der Waals surface area contributed by atoms with Gasteiger partial charge in [0, 0.05) is 49.8 Å². The van der Waals surface area contributed by atoms with Crippen LogP contribution in [0.25, 0.3) is 0 Å². The number of hydrogen-bond acceptors (Lipinski definition) is 5. The van der Waals surface area contributed by atoms with E-state index in [1.165, 1.54) is 22.7 Å². The molecule has 29 heavy (non-hydrogen) atoms. The summed E-state index contributed by atoms with van der Waals surface area (Å²) in [4.78, 5) is 21.4. The summed E-state index contributed by atoms with van der Waals surface area (Å²) < 4.78 is 4.55. The Kier molecular flexibility index (Phi) is 6.05. The van der Waals surface area contributed by atoms with Crippen molar-refractivity contribution in [1.29, 1.82) is 0 Å². The fourth-order valence-electron chi connectivity index (χ4n) is 3.37. The van der Waals surface area contributed by atoms with Gasteiger partial charge in [0.15, 0.2) is 0 Å². The number of anilines is 2. The molecular weight excluding hydrogens is 382 g/mol. The molecule has 150 valence electrons. The van der Waals surface area contributed by atoms with Crippen molar-refractivity contribution in [2.75, 3.05) is 36.4 Å². The van der Waals surface area contributed by atoms with Gasteiger partial charge in [-0.15, -0.1) is 0 Å². The summed E-state index contributed by atoms with van der Waals surface area (Å²) in [6.45, 7) is 5.15. The second-order valence-corrected chi connectivity index (χ2v) is 8.01. The molecule has 2 heterocycles. The summed E-state index contributed by atoms with van der Waals surface area (Å²) in [5, 5.41) is 3.91. The van der Waals surface area contributed by atoms with Crippen LogP contribution in [0.5, 0.6) is 0 Å². The maximum atomic E-state index is 12.6. The van der Waals surface area contributed by atoms with Crippen LogP contribution in [0, 0.1) is 6.92 Å². The van der Waals surface area contributed by atoms with Gasteiger partial charge in [0.1, 0.15) is 5.82 Å². The van der Waals surface area contributed by atoms with E-state index < -0.39 is 0 Å². The fourth-order valence-corrected chi connectivity index (χ4v) is 4.11. The number of hydrogen-bond donors (Lipinski definition) is 1. The molecule has 0 aliphatic carbocycles. The molecular formula is C22H25N5OS. The second kappa shape index (κ2) is 9.05. The minimum atomic E-state index is -0.0460. The summed E-state index contributed by atoms with van der Waals surface area (Å²) in [6.07, 6.45) is 1.66. The zero-order valence-electron chi connectivity index (χ0n) is 16.5. The van der Waals surface area contributed by atoms with E-state index in [0.717, 1.165) is 49.1 Å². The molecule has 2 amide bonds. The monoisotopic (exact) mass is 407 g/mol. The molecule has 4 rings (SSSR count). The average Bonchev–Trinajstić information content (AvgIpc) is 3.05. The van der Waals surface area contributed by atoms with E-state index in [-0.39, 0.29) is 6.03 Å². The molecule has 0 spiro atoms. The van der Waals surface area contributed by atoms with Crippen molar-refractivity contribution in [1.82, 2.24) is 14.3 Å². The minimum absolute atomic E-state index is 0.0460. The van der Waals surface area contributed by atoms with E-state index in [0.29, 0.717) is 6.54 Å². The Morgan fingerprint density at radius 2 is 1.83 bits per heavy atom. The summed E-state index contributed by atoms with van der Waals surface area (Å²) >= 11 is 1.45. The number of nitrogens with zero attached hydrogens (tertiary/aromatic N) is 4. The third-order valence-corrected chi connectivity index (χ3v) is 5.83. The first-order valence-electron chi connectivity index (χ1n) is 9.91. The van der Waals surface area contributed by atoms with Crippen molar-refractivity contribution in [2.45, 2.75) is 19.8 Å². The van der Waals surface area contributed by atoms with E-state index in [1.807, 2.05) is 35.2 Å². The van der Waals surface area contributed by atoms with E-state index in [1.54, 1.807) is 0 Å². The Morgan fingerprint density at radius 3 is 2.62 bits per heavy atom. The zero-order valence-corrected chi connectivity index (χ0v) is 17.4. The lowest BCUT2D eigenvalue weighted by atomic mass is 10.1. The zero-order chi connectivity index (χ0) is 20.1. The number of aryl methyl sites for hydroxylation is 1. The highest BCUT2D eigenvalue weighted by Gasteiger charge is 2.21. The van der Waals surface area contributed by atoms with Gasteiger partial charge in [0.05, 0.1) is 0 Å². The number of benzene rings is 2. The van der Waals surface area contributed by atoms with Crippen molar-refractivity contribution in [2.24, 2.45) is 0 Å². The van der Waals surface area contributed by atoms with Crippen LogP contribution in [-0.4, -0.2) is 46.5 Å². The molecule has 0 bridgehead atoms. The Morgan fingerprint density at radius 1 is 1.03 bits per heavy atom. The van der Waals surface area contributed by atoms with Crippen LogP contribution >= 0.6 is 11.5 Å². The van der Waals surface area contributed by atoms with E-state index in [2.05, 4.69) is 45.8 Å². The van der Waals surface area contributed by atoms with Gasteiger partial charge in [-0.05, 0) is 31.0 Å². The van der Waals surface area contributed by atoms with Crippen LogP contribution in [0.2, 0.25) is 0 Å². The minimum Gasteiger partial charge on any atom is -0.345 e. The molecule has 7 heteroatoms. The molecule has 1 aromatic heterocycles. The van der Waals surface area contributed by atoms with Gasteiger partial charge < -0.3 is 15.1 Å². The van der Waals surface area contributed by atoms with Crippen LogP contribution in [0.4, 0.5) is 15.6 Å². The SMILES string of the molecule is Cc1ccc(Cc2nsc(N3CCCN(C(=O)Nc4ccccc4)CC3)n2)cc1. The van der Waals surface area contributed by atoms with Gasteiger partial charge >= 0.3 is 6.03 Å². The largest absolute Gasteiger partial charge is 0.345 e. The smallest absolute Gasteiger partial charge is 0.321 e. The van der Waals surface area contributed by atoms with Gasteiger partial charge in [-0.1, -0.05) is 48.0 Å². The van der Waals surface area contributed by atoms with Crippen molar-refractivity contribution in [3.8, 4) is 0 Å². The highest BCUT2D eigenvalue weighted by molar-refractivity contribution is 7.09. The Labute approximate surface area is 175 Å². The molecule has 0 saturated carbocycles. The lowest BCUT2D eigenvalue weighted by Crippen LogP contribution is -2.38. The molecule has 0 atom stereocenters. The predicted octanol–water partition coefficient (Wildman–Crippen LogP) is 4.18. The molecule has 1 aliphatic heterocycles. The van der Waals surface area contributed by atoms with Crippen LogP contribution < -0.4 is 10.2 Å². The lowest BCUT2D eigenvalue weighted by molar-refractivity contribution is 0.215. The number of urea groups is 1. The van der Waals surface area contributed by atoms with Crippen molar-refractivity contribution < 1.29 is 4.79 Å². The average molecular weight is 408 g/mol. The molecule has 6 nitrogen and oxygen atoms in total. The third-order valence-electron chi connectivity index (χ3n) is 5.02. The van der Waals surface area contributed by atoms with E-state index >= 15 is 0 Å². The number of carbonyl (C=O) groups excluding carboxylic acids is 1. The van der Waals surface area contributed by atoms with Crippen LogP contribution in [0.1, 0.15) is 23.4 Å². The fraction of sp³-hybridized carbons (Fsp3) is 0.318. The number of para-hydroxylation sites is 1. The van der Waals surface area contributed by atoms with Gasteiger partial charge in [0.25, 0.3) is 0 Å². The number of amides is 2. The van der Waals surface area contributed by atoms with Crippen molar-refractivity contribution in [3.63, 3.8) is 0 Å². The Balaban J connectivity index is 1.34. The summed E-state index contributed by atoms with van der Waals surface area (Å²) in [5.74, 6) is 0.858. The van der Waals surface area contributed by atoms with Crippen LogP contribution in [-0.2, 0) is 6.42 Å². The third kappa shape index (κ3) is 5.12. The molecule has 1 saturated heterocycles. The van der Waals surface area contributed by atoms with Crippen molar-refractivity contribution >= 4 is 28.4 Å². The molecule has 1 fully saturated rings. The topological polar surface area (TPSA) is 61.4 Å². The molecule has 0 unspecified atom stereocenters. The predicted molar refractivity (Wildman–Crippen MR) is 118 cm³/mol. The first-order chi connectivity index (χ1) is 14.2. The first-order valence-corrected chi connectivity index (χ1v) is 10.7. The van der Waals surface area contributed by atoms with Gasteiger partial charge in [-0.25, -0.2) is 9.78 Å². The summed E-state index contributed by atoms with van der Waals surface area (Å²) in [7, 11) is 0. The lowest BCUT2D eigenvalue weighted by Gasteiger charge is -2.21. The van der Waals surface area contributed by atoms with Gasteiger partial charge in [0.2, 0.25) is 5.13 Å². The Hall–Kier alpha value is -2.93. The standard InChI is InChI=1S/C22H25N5OS/c1-17-8-10-18(11-9-17)16-20-24-22(29-25-20)27-13-5-12-26(14-15-27)21(28)23-19-6-3-2-4-7-19/h2-4,6-11H,5,12-16H2,1H3,(H,23,28). The molecule has 2 aromatic carbocycles. The quantitative estimate of drug-likeness (QED) is 0.705. The van der Waals surface area contributed by atoms with Crippen molar-refractivity contribution in [3.05, 3.63) is 71.5 Å². The van der Waals surface area contributed by atoms with Gasteiger partial charge in [-0.3, -0.25) is 0 Å². The van der Waals surface area contributed by atoms with E-state index in [9.17, 15) is 4.79 Å². The number of aromatic nitrogens is 2. The summed E-state index contributed by atoms with van der Waals surface area (Å²) in [6, 6.07) is 18.0. The summed E-state index contributed by atoms with van der Waals surface area (Å²) in [5.41, 5.74) is 3.30. The number of carbonyl (C=O) groups is 1. The molecule has 1 aliphatic rings. The number of nitrogens with one attached hydrogen (secondary N) is 1. The maximum Gasteiger partial charge on any atom is 0.321 e.